The normalized spacial score (nSPS) is 11.5. The number of rotatable bonds is 5. The minimum atomic E-state index is -4.48. The third-order valence-electron chi connectivity index (χ3n) is 2.99. The highest BCUT2D eigenvalue weighted by Crippen LogP contribution is 2.38. The summed E-state index contributed by atoms with van der Waals surface area (Å²) in [6.07, 6.45) is -2.43. The highest BCUT2D eigenvalue weighted by molar-refractivity contribution is 5.77. The molecule has 0 unspecified atom stereocenters. The Hall–Kier alpha value is -2.35. The molecule has 0 saturated heterocycles. The fourth-order valence-corrected chi connectivity index (χ4v) is 1.99. The van der Waals surface area contributed by atoms with Gasteiger partial charge in [-0.15, -0.1) is 0 Å². The third kappa shape index (κ3) is 3.64. The van der Waals surface area contributed by atoms with Crippen molar-refractivity contribution in [3.8, 4) is 11.3 Å². The van der Waals surface area contributed by atoms with Gasteiger partial charge in [0.25, 0.3) is 0 Å². The van der Waals surface area contributed by atoms with Crippen LogP contribution in [0.2, 0.25) is 0 Å². The van der Waals surface area contributed by atoms with Gasteiger partial charge in [0.15, 0.2) is 0 Å². The molecule has 2 rings (SSSR count). The Morgan fingerprint density at radius 2 is 1.91 bits per heavy atom. The summed E-state index contributed by atoms with van der Waals surface area (Å²) in [7, 11) is 0. The number of aromatic nitrogens is 2. The Bertz CT molecular complexity index is 643. The summed E-state index contributed by atoms with van der Waals surface area (Å²) >= 11 is 0. The van der Waals surface area contributed by atoms with Gasteiger partial charge in [-0.2, -0.15) is 13.2 Å². The Labute approximate surface area is 125 Å². The summed E-state index contributed by atoms with van der Waals surface area (Å²) in [5, 5.41) is 2.99. The van der Waals surface area contributed by atoms with E-state index < -0.39 is 11.7 Å². The summed E-state index contributed by atoms with van der Waals surface area (Å²) in [5.74, 6) is -0.0867. The SMILES string of the molecule is NCCCNc1cnc(N)nc1-c1ccccc1C(F)(F)F. The van der Waals surface area contributed by atoms with E-state index in [9.17, 15) is 13.2 Å². The topological polar surface area (TPSA) is 89.8 Å². The van der Waals surface area contributed by atoms with Crippen molar-refractivity contribution in [2.45, 2.75) is 12.6 Å². The fraction of sp³-hybridized carbons (Fsp3) is 0.286. The Balaban J connectivity index is 2.50. The standard InChI is InChI=1S/C14H16F3N5/c15-14(16,17)10-5-2-1-4-9(10)12-11(20-7-3-6-18)8-21-13(19)22-12/h1-2,4-5,8,20H,3,6-7,18H2,(H2,19,21,22). The second-order valence-electron chi connectivity index (χ2n) is 4.60. The molecule has 0 bridgehead atoms. The lowest BCUT2D eigenvalue weighted by Crippen LogP contribution is -2.12. The molecule has 2 aromatic rings. The number of nitrogens with two attached hydrogens (primary N) is 2. The highest BCUT2D eigenvalue weighted by Gasteiger charge is 2.34. The molecule has 22 heavy (non-hydrogen) atoms. The third-order valence-corrected chi connectivity index (χ3v) is 2.99. The van der Waals surface area contributed by atoms with Gasteiger partial charge in [-0.1, -0.05) is 18.2 Å². The molecule has 0 aliphatic rings. The van der Waals surface area contributed by atoms with E-state index >= 15 is 0 Å². The van der Waals surface area contributed by atoms with E-state index in [1.165, 1.54) is 24.4 Å². The predicted molar refractivity (Wildman–Crippen MR) is 79.0 cm³/mol. The first-order valence-corrected chi connectivity index (χ1v) is 6.66. The van der Waals surface area contributed by atoms with Crippen LogP contribution < -0.4 is 16.8 Å². The van der Waals surface area contributed by atoms with E-state index in [4.69, 9.17) is 11.5 Å². The van der Waals surface area contributed by atoms with E-state index in [1.54, 1.807) is 0 Å². The maximum Gasteiger partial charge on any atom is 0.417 e. The van der Waals surface area contributed by atoms with Gasteiger partial charge in [0.2, 0.25) is 5.95 Å². The molecule has 1 aromatic heterocycles. The fourth-order valence-electron chi connectivity index (χ4n) is 1.99. The zero-order valence-electron chi connectivity index (χ0n) is 11.7. The molecule has 0 aliphatic carbocycles. The van der Waals surface area contributed by atoms with Gasteiger partial charge < -0.3 is 16.8 Å². The second kappa shape index (κ2) is 6.61. The molecule has 0 amide bonds. The largest absolute Gasteiger partial charge is 0.417 e. The number of nitrogen functional groups attached to an aromatic ring is 1. The summed E-state index contributed by atoms with van der Waals surface area (Å²) < 4.78 is 39.5. The number of hydrogen-bond acceptors (Lipinski definition) is 5. The number of halogens is 3. The van der Waals surface area contributed by atoms with Crippen molar-refractivity contribution in [3.05, 3.63) is 36.0 Å². The lowest BCUT2D eigenvalue weighted by molar-refractivity contribution is -0.137. The minimum absolute atomic E-state index is 0.0423. The molecule has 8 heteroatoms. The molecule has 1 aromatic carbocycles. The lowest BCUT2D eigenvalue weighted by Gasteiger charge is -2.15. The van der Waals surface area contributed by atoms with E-state index in [-0.39, 0.29) is 17.2 Å². The first-order chi connectivity index (χ1) is 10.4. The molecule has 5 N–H and O–H groups in total. The van der Waals surface area contributed by atoms with Gasteiger partial charge in [-0.05, 0) is 19.0 Å². The van der Waals surface area contributed by atoms with Gasteiger partial charge >= 0.3 is 6.18 Å². The lowest BCUT2D eigenvalue weighted by atomic mass is 10.0. The van der Waals surface area contributed by atoms with Crippen LogP contribution in [0.15, 0.2) is 30.5 Å². The summed E-state index contributed by atoms with van der Waals surface area (Å²) in [6.45, 7) is 0.974. The minimum Gasteiger partial charge on any atom is -0.382 e. The van der Waals surface area contributed by atoms with Crippen LogP contribution in [0, 0.1) is 0 Å². The monoisotopic (exact) mass is 311 g/mol. The first kappa shape index (κ1) is 16.0. The van der Waals surface area contributed by atoms with E-state index in [0.29, 0.717) is 25.2 Å². The number of alkyl halides is 3. The number of anilines is 2. The quantitative estimate of drug-likeness (QED) is 0.738. The molecule has 0 saturated carbocycles. The molecule has 0 spiro atoms. The van der Waals surface area contributed by atoms with E-state index in [0.717, 1.165) is 6.07 Å². The maximum atomic E-state index is 13.2. The number of hydrogen-bond donors (Lipinski definition) is 3. The van der Waals surface area contributed by atoms with Gasteiger partial charge in [0.05, 0.1) is 23.1 Å². The average molecular weight is 311 g/mol. The molecule has 0 radical (unpaired) electrons. The number of nitrogens with zero attached hydrogens (tertiary/aromatic N) is 2. The van der Waals surface area contributed by atoms with Crippen LogP contribution in [0.5, 0.6) is 0 Å². The first-order valence-electron chi connectivity index (χ1n) is 6.66. The summed E-state index contributed by atoms with van der Waals surface area (Å²) in [4.78, 5) is 7.80. The van der Waals surface area contributed by atoms with Gasteiger partial charge in [-0.25, -0.2) is 9.97 Å². The molecular weight excluding hydrogens is 295 g/mol. The second-order valence-corrected chi connectivity index (χ2v) is 4.60. The predicted octanol–water partition coefficient (Wildman–Crippen LogP) is 2.51. The van der Waals surface area contributed by atoms with Crippen LogP contribution in [0.4, 0.5) is 24.8 Å². The molecule has 0 aliphatic heterocycles. The van der Waals surface area contributed by atoms with E-state index in [2.05, 4.69) is 15.3 Å². The number of nitrogens with one attached hydrogen (secondary N) is 1. The maximum absolute atomic E-state index is 13.2. The molecular formula is C14H16F3N5. The smallest absolute Gasteiger partial charge is 0.382 e. The summed E-state index contributed by atoms with van der Waals surface area (Å²) in [5.41, 5.74) is 10.6. The van der Waals surface area contributed by atoms with Crippen molar-refractivity contribution in [1.82, 2.24) is 9.97 Å². The van der Waals surface area contributed by atoms with Crippen molar-refractivity contribution in [1.29, 1.82) is 0 Å². The van der Waals surface area contributed by atoms with E-state index in [1.807, 2.05) is 0 Å². The van der Waals surface area contributed by atoms with Crippen molar-refractivity contribution in [3.63, 3.8) is 0 Å². The molecule has 0 fully saturated rings. The van der Waals surface area contributed by atoms with Crippen LogP contribution in [0.25, 0.3) is 11.3 Å². The summed E-state index contributed by atoms with van der Waals surface area (Å²) in [6, 6.07) is 5.22. The van der Waals surface area contributed by atoms with Crippen LogP contribution in [0.3, 0.4) is 0 Å². The van der Waals surface area contributed by atoms with Crippen LogP contribution >= 0.6 is 0 Å². The van der Waals surface area contributed by atoms with Gasteiger partial charge in [0.1, 0.15) is 0 Å². The zero-order chi connectivity index (χ0) is 16.2. The number of benzene rings is 1. The van der Waals surface area contributed by atoms with Gasteiger partial charge in [-0.3, -0.25) is 0 Å². The highest BCUT2D eigenvalue weighted by atomic mass is 19.4. The van der Waals surface area contributed by atoms with Crippen molar-refractivity contribution in [2.24, 2.45) is 5.73 Å². The molecule has 0 atom stereocenters. The van der Waals surface area contributed by atoms with Gasteiger partial charge in [0, 0.05) is 12.1 Å². The molecule has 1 heterocycles. The molecule has 118 valence electrons. The average Bonchev–Trinajstić information content (AvgIpc) is 2.48. The van der Waals surface area contributed by atoms with Crippen molar-refractivity contribution < 1.29 is 13.2 Å². The Morgan fingerprint density at radius 3 is 2.59 bits per heavy atom. The van der Waals surface area contributed by atoms with Crippen LogP contribution in [-0.2, 0) is 6.18 Å². The Morgan fingerprint density at radius 1 is 1.18 bits per heavy atom. The van der Waals surface area contributed by atoms with Crippen molar-refractivity contribution >= 4 is 11.6 Å². The van der Waals surface area contributed by atoms with Crippen LogP contribution in [-0.4, -0.2) is 23.1 Å². The zero-order valence-corrected chi connectivity index (χ0v) is 11.7. The Kier molecular flexibility index (Phi) is 4.81. The van der Waals surface area contributed by atoms with Crippen molar-refractivity contribution in [2.75, 3.05) is 24.1 Å². The molecule has 5 nitrogen and oxygen atoms in total. The van der Waals surface area contributed by atoms with Crippen LogP contribution in [0.1, 0.15) is 12.0 Å².